The van der Waals surface area contributed by atoms with E-state index >= 15 is 0 Å². The highest BCUT2D eigenvalue weighted by atomic mass is 35.5. The van der Waals surface area contributed by atoms with Crippen molar-refractivity contribution in [1.29, 1.82) is 0 Å². The first kappa shape index (κ1) is 17.5. The Bertz CT molecular complexity index is 499. The smallest absolute Gasteiger partial charge is 0.207 e. The van der Waals surface area contributed by atoms with Gasteiger partial charge in [-0.2, -0.15) is 4.31 Å². The monoisotopic (exact) mass is 317 g/mol. The summed E-state index contributed by atoms with van der Waals surface area (Å²) in [6.07, 6.45) is 2.59. The Morgan fingerprint density at radius 2 is 1.80 bits per heavy atom. The molecule has 0 amide bonds. The molecule has 1 aromatic rings. The molecule has 0 aliphatic rings. The number of rotatable bonds is 8. The van der Waals surface area contributed by atoms with Crippen LogP contribution in [0, 0.1) is 0 Å². The van der Waals surface area contributed by atoms with Gasteiger partial charge in [0.15, 0.2) is 0 Å². The van der Waals surface area contributed by atoms with Crippen LogP contribution in [0.2, 0.25) is 0 Å². The van der Waals surface area contributed by atoms with Crippen LogP contribution in [0.15, 0.2) is 29.2 Å². The minimum absolute atomic E-state index is 0.0147. The summed E-state index contributed by atoms with van der Waals surface area (Å²) < 4.78 is 26.7. The molecule has 0 bridgehead atoms. The lowest BCUT2D eigenvalue weighted by Crippen LogP contribution is -2.38. The van der Waals surface area contributed by atoms with Gasteiger partial charge in [-0.25, -0.2) is 8.42 Å². The highest BCUT2D eigenvalue weighted by Gasteiger charge is 2.26. The van der Waals surface area contributed by atoms with Crippen LogP contribution in [0.1, 0.15) is 39.2 Å². The maximum absolute atomic E-state index is 12.6. The fraction of sp³-hybridized carbons (Fsp3) is 0.600. The molecule has 3 nitrogen and oxygen atoms in total. The number of sulfonamides is 1. The van der Waals surface area contributed by atoms with E-state index in [1.165, 1.54) is 0 Å². The third-order valence-electron chi connectivity index (χ3n) is 3.52. The van der Waals surface area contributed by atoms with E-state index in [4.69, 9.17) is 11.6 Å². The van der Waals surface area contributed by atoms with Crippen molar-refractivity contribution in [3.63, 3.8) is 0 Å². The molecule has 1 aromatic carbocycles. The van der Waals surface area contributed by atoms with E-state index in [1.807, 2.05) is 32.9 Å². The van der Waals surface area contributed by atoms with Crippen molar-refractivity contribution in [3.05, 3.63) is 29.8 Å². The maximum atomic E-state index is 12.6. The second-order valence-electron chi connectivity index (χ2n) is 4.90. The fourth-order valence-corrected chi connectivity index (χ4v) is 4.00. The van der Waals surface area contributed by atoms with Crippen LogP contribution in [0.5, 0.6) is 0 Å². The van der Waals surface area contributed by atoms with E-state index in [2.05, 4.69) is 0 Å². The zero-order chi connectivity index (χ0) is 15.2. The van der Waals surface area contributed by atoms with Gasteiger partial charge in [-0.1, -0.05) is 26.0 Å². The Labute approximate surface area is 128 Å². The summed E-state index contributed by atoms with van der Waals surface area (Å²) in [6, 6.07) is 7.17. The molecule has 0 aliphatic carbocycles. The normalized spacial score (nSPS) is 13.7. The zero-order valence-electron chi connectivity index (χ0n) is 12.5. The SMILES string of the molecule is CCC(C)N(CC)S(=O)(=O)c1ccc(CCCCl)cc1. The number of hydrogen-bond donors (Lipinski definition) is 0. The Balaban J connectivity index is 2.97. The molecule has 0 N–H and O–H groups in total. The Morgan fingerprint density at radius 3 is 2.25 bits per heavy atom. The average molecular weight is 318 g/mol. The molecule has 0 heterocycles. The molecular weight excluding hydrogens is 294 g/mol. The van der Waals surface area contributed by atoms with Gasteiger partial charge >= 0.3 is 0 Å². The molecule has 0 fully saturated rings. The highest BCUT2D eigenvalue weighted by molar-refractivity contribution is 7.89. The topological polar surface area (TPSA) is 37.4 Å². The summed E-state index contributed by atoms with van der Waals surface area (Å²) in [6.45, 7) is 6.30. The van der Waals surface area contributed by atoms with Gasteiger partial charge in [0, 0.05) is 18.5 Å². The van der Waals surface area contributed by atoms with Crippen molar-refractivity contribution >= 4 is 21.6 Å². The lowest BCUT2D eigenvalue weighted by Gasteiger charge is -2.26. The molecule has 1 rings (SSSR count). The number of benzene rings is 1. The minimum Gasteiger partial charge on any atom is -0.207 e. The first-order chi connectivity index (χ1) is 9.47. The van der Waals surface area contributed by atoms with Crippen molar-refractivity contribution in [2.75, 3.05) is 12.4 Å². The van der Waals surface area contributed by atoms with Gasteiger partial charge in [0.05, 0.1) is 4.90 Å². The van der Waals surface area contributed by atoms with Gasteiger partial charge in [-0.3, -0.25) is 0 Å². The first-order valence-corrected chi connectivity index (χ1v) is 9.11. The summed E-state index contributed by atoms with van der Waals surface area (Å²) in [7, 11) is -3.39. The summed E-state index contributed by atoms with van der Waals surface area (Å²) in [4.78, 5) is 0.370. The summed E-state index contributed by atoms with van der Waals surface area (Å²) in [5.74, 6) is 0.623. The first-order valence-electron chi connectivity index (χ1n) is 7.14. The largest absolute Gasteiger partial charge is 0.243 e. The van der Waals surface area contributed by atoms with Crippen LogP contribution in [0.25, 0.3) is 0 Å². The number of hydrogen-bond acceptors (Lipinski definition) is 2. The van der Waals surface area contributed by atoms with Crippen LogP contribution in [-0.2, 0) is 16.4 Å². The lowest BCUT2D eigenvalue weighted by molar-refractivity contribution is 0.342. The van der Waals surface area contributed by atoms with Crippen LogP contribution in [0.4, 0.5) is 0 Å². The van der Waals surface area contributed by atoms with Crippen molar-refractivity contribution in [3.8, 4) is 0 Å². The third-order valence-corrected chi connectivity index (χ3v) is 5.89. The number of halogens is 1. The van der Waals surface area contributed by atoms with Gasteiger partial charge in [-0.05, 0) is 43.9 Å². The van der Waals surface area contributed by atoms with E-state index in [9.17, 15) is 8.42 Å². The summed E-state index contributed by atoms with van der Waals surface area (Å²) in [5.41, 5.74) is 1.12. The van der Waals surface area contributed by atoms with Crippen LogP contribution in [0.3, 0.4) is 0 Å². The molecular formula is C15H24ClNO2S. The Hall–Kier alpha value is -0.580. The maximum Gasteiger partial charge on any atom is 0.243 e. The molecule has 5 heteroatoms. The second kappa shape index (κ2) is 8.01. The third kappa shape index (κ3) is 4.21. The number of aryl methyl sites for hydroxylation is 1. The van der Waals surface area contributed by atoms with Crippen molar-refractivity contribution < 1.29 is 8.42 Å². The van der Waals surface area contributed by atoms with Crippen molar-refractivity contribution in [2.24, 2.45) is 0 Å². The second-order valence-corrected chi connectivity index (χ2v) is 7.17. The molecule has 0 radical (unpaired) electrons. The molecule has 0 spiro atoms. The van der Waals surface area contributed by atoms with E-state index in [0.717, 1.165) is 24.8 Å². The van der Waals surface area contributed by atoms with Crippen molar-refractivity contribution in [2.45, 2.75) is 51.0 Å². The molecule has 114 valence electrons. The predicted molar refractivity (Wildman–Crippen MR) is 84.8 cm³/mol. The summed E-state index contributed by atoms with van der Waals surface area (Å²) in [5, 5.41) is 0. The van der Waals surface area contributed by atoms with E-state index in [0.29, 0.717) is 17.3 Å². The fourth-order valence-electron chi connectivity index (χ4n) is 2.16. The molecule has 0 saturated heterocycles. The van der Waals surface area contributed by atoms with E-state index in [1.54, 1.807) is 16.4 Å². The standard InChI is InChI=1S/C15H24ClNO2S/c1-4-13(3)17(5-2)20(18,19)15-10-8-14(9-11-15)7-6-12-16/h8-11,13H,4-7,12H2,1-3H3. The Kier molecular flexibility index (Phi) is 7.00. The quantitative estimate of drug-likeness (QED) is 0.686. The van der Waals surface area contributed by atoms with Crippen LogP contribution in [-0.4, -0.2) is 31.2 Å². The van der Waals surface area contributed by atoms with Gasteiger partial charge in [0.2, 0.25) is 10.0 Å². The van der Waals surface area contributed by atoms with Crippen LogP contribution < -0.4 is 0 Å². The highest BCUT2D eigenvalue weighted by Crippen LogP contribution is 2.20. The predicted octanol–water partition coefficient (Wildman–Crippen LogP) is 3.67. The molecule has 0 saturated carbocycles. The number of nitrogens with zero attached hydrogens (tertiary/aromatic N) is 1. The van der Waals surface area contributed by atoms with Crippen molar-refractivity contribution in [1.82, 2.24) is 4.31 Å². The van der Waals surface area contributed by atoms with Gasteiger partial charge < -0.3 is 0 Å². The van der Waals surface area contributed by atoms with Gasteiger partial charge in [0.25, 0.3) is 0 Å². The minimum atomic E-state index is -3.39. The van der Waals surface area contributed by atoms with Gasteiger partial charge in [-0.15, -0.1) is 11.6 Å². The zero-order valence-corrected chi connectivity index (χ0v) is 14.0. The van der Waals surface area contributed by atoms with E-state index < -0.39 is 10.0 Å². The van der Waals surface area contributed by atoms with Gasteiger partial charge in [0.1, 0.15) is 0 Å². The summed E-state index contributed by atoms with van der Waals surface area (Å²) >= 11 is 5.66. The molecule has 0 aromatic heterocycles. The Morgan fingerprint density at radius 1 is 1.20 bits per heavy atom. The van der Waals surface area contributed by atoms with E-state index in [-0.39, 0.29) is 6.04 Å². The van der Waals surface area contributed by atoms with Crippen LogP contribution >= 0.6 is 11.6 Å². The number of alkyl halides is 1. The lowest BCUT2D eigenvalue weighted by atomic mass is 10.1. The molecule has 0 aliphatic heterocycles. The molecule has 1 unspecified atom stereocenters. The molecule has 1 atom stereocenters. The molecule has 20 heavy (non-hydrogen) atoms. The average Bonchev–Trinajstić information content (AvgIpc) is 2.45.